The van der Waals surface area contributed by atoms with Gasteiger partial charge in [-0.15, -0.1) is 11.8 Å². The molecule has 1 heterocycles. The van der Waals surface area contributed by atoms with E-state index in [9.17, 15) is 4.79 Å². The van der Waals surface area contributed by atoms with Crippen molar-refractivity contribution < 1.29 is 4.79 Å². The van der Waals surface area contributed by atoms with Crippen LogP contribution in [0.25, 0.3) is 0 Å². The van der Waals surface area contributed by atoms with Gasteiger partial charge in [0.15, 0.2) is 0 Å². The van der Waals surface area contributed by atoms with Gasteiger partial charge in [0, 0.05) is 11.4 Å². The van der Waals surface area contributed by atoms with Crippen LogP contribution in [0, 0.1) is 0 Å². The van der Waals surface area contributed by atoms with Gasteiger partial charge in [0.2, 0.25) is 5.91 Å². The third-order valence-electron chi connectivity index (χ3n) is 3.30. The SMILES string of the molecule is CCNC1(C(N)=O)CCC(Sc2ccncn2)C1. The number of amides is 1. The number of aromatic nitrogens is 2. The maximum absolute atomic E-state index is 11.6. The molecule has 2 rings (SSSR count). The van der Waals surface area contributed by atoms with E-state index in [2.05, 4.69) is 15.3 Å². The van der Waals surface area contributed by atoms with Crippen LogP contribution in [0.1, 0.15) is 26.2 Å². The molecule has 18 heavy (non-hydrogen) atoms. The van der Waals surface area contributed by atoms with Crippen LogP contribution in [0.15, 0.2) is 23.6 Å². The average molecular weight is 266 g/mol. The van der Waals surface area contributed by atoms with Gasteiger partial charge in [0.05, 0.1) is 10.6 Å². The lowest BCUT2D eigenvalue weighted by Gasteiger charge is -2.26. The molecule has 2 unspecified atom stereocenters. The molecule has 3 N–H and O–H groups in total. The summed E-state index contributed by atoms with van der Waals surface area (Å²) in [6.07, 6.45) is 5.83. The van der Waals surface area contributed by atoms with Crippen LogP contribution in [0.5, 0.6) is 0 Å². The summed E-state index contributed by atoms with van der Waals surface area (Å²) in [6, 6.07) is 1.89. The molecule has 0 aromatic carbocycles. The highest BCUT2D eigenvalue weighted by Gasteiger charge is 2.43. The van der Waals surface area contributed by atoms with Gasteiger partial charge in [-0.1, -0.05) is 6.92 Å². The summed E-state index contributed by atoms with van der Waals surface area (Å²) >= 11 is 1.70. The second-order valence-corrected chi connectivity index (χ2v) is 5.83. The molecule has 0 aliphatic heterocycles. The number of nitrogens with two attached hydrogens (primary N) is 1. The van der Waals surface area contributed by atoms with Crippen LogP contribution < -0.4 is 11.1 Å². The highest BCUT2D eigenvalue weighted by Crippen LogP contribution is 2.39. The molecule has 1 aromatic heterocycles. The van der Waals surface area contributed by atoms with Crippen molar-refractivity contribution in [3.05, 3.63) is 18.6 Å². The number of likely N-dealkylation sites (N-methyl/N-ethyl adjacent to an activating group) is 1. The molecule has 1 aliphatic carbocycles. The molecule has 1 fully saturated rings. The van der Waals surface area contributed by atoms with E-state index in [1.54, 1.807) is 24.3 Å². The van der Waals surface area contributed by atoms with Crippen LogP contribution in [-0.4, -0.2) is 33.2 Å². The number of hydrogen-bond donors (Lipinski definition) is 2. The lowest BCUT2D eigenvalue weighted by Crippen LogP contribution is -2.53. The van der Waals surface area contributed by atoms with Crippen molar-refractivity contribution in [1.29, 1.82) is 0 Å². The molecule has 0 saturated heterocycles. The van der Waals surface area contributed by atoms with E-state index in [-0.39, 0.29) is 5.91 Å². The number of primary amides is 1. The molecule has 1 amide bonds. The van der Waals surface area contributed by atoms with E-state index in [0.717, 1.165) is 30.8 Å². The molecular weight excluding hydrogens is 248 g/mol. The fourth-order valence-electron chi connectivity index (χ4n) is 2.43. The number of carbonyl (C=O) groups is 1. The summed E-state index contributed by atoms with van der Waals surface area (Å²) < 4.78 is 0. The summed E-state index contributed by atoms with van der Waals surface area (Å²) in [7, 11) is 0. The Morgan fingerprint density at radius 1 is 1.72 bits per heavy atom. The number of hydrogen-bond acceptors (Lipinski definition) is 5. The highest BCUT2D eigenvalue weighted by atomic mass is 32.2. The predicted octanol–water partition coefficient (Wildman–Crippen LogP) is 0.955. The molecule has 1 aromatic rings. The predicted molar refractivity (Wildman–Crippen MR) is 71.1 cm³/mol. The van der Waals surface area contributed by atoms with Crippen LogP contribution in [0.4, 0.5) is 0 Å². The number of nitrogens with one attached hydrogen (secondary N) is 1. The Morgan fingerprint density at radius 3 is 3.17 bits per heavy atom. The molecular formula is C12H18N4OS. The van der Waals surface area contributed by atoms with Crippen LogP contribution in [-0.2, 0) is 4.79 Å². The zero-order valence-corrected chi connectivity index (χ0v) is 11.2. The first-order valence-corrected chi connectivity index (χ1v) is 7.02. The zero-order chi connectivity index (χ0) is 13.0. The second-order valence-electron chi connectivity index (χ2n) is 4.51. The summed E-state index contributed by atoms with van der Waals surface area (Å²) in [6.45, 7) is 2.75. The van der Waals surface area contributed by atoms with Gasteiger partial charge < -0.3 is 11.1 Å². The third kappa shape index (κ3) is 2.81. The monoisotopic (exact) mass is 266 g/mol. The van der Waals surface area contributed by atoms with Gasteiger partial charge in [-0.05, 0) is 31.9 Å². The maximum atomic E-state index is 11.6. The largest absolute Gasteiger partial charge is 0.368 e. The van der Waals surface area contributed by atoms with Crippen molar-refractivity contribution >= 4 is 17.7 Å². The van der Waals surface area contributed by atoms with Crippen LogP contribution in [0.2, 0.25) is 0 Å². The molecule has 2 atom stereocenters. The normalized spacial score (nSPS) is 27.3. The van der Waals surface area contributed by atoms with Crippen molar-refractivity contribution in [3.8, 4) is 0 Å². The molecule has 0 spiro atoms. The molecule has 1 aliphatic rings. The van der Waals surface area contributed by atoms with Gasteiger partial charge in [-0.2, -0.15) is 0 Å². The van der Waals surface area contributed by atoms with Gasteiger partial charge >= 0.3 is 0 Å². The smallest absolute Gasteiger partial charge is 0.237 e. The Morgan fingerprint density at radius 2 is 2.56 bits per heavy atom. The van der Waals surface area contributed by atoms with E-state index >= 15 is 0 Å². The first kappa shape index (κ1) is 13.3. The minimum atomic E-state index is -0.528. The quantitative estimate of drug-likeness (QED) is 0.776. The molecule has 1 saturated carbocycles. The van der Waals surface area contributed by atoms with Crippen LogP contribution in [0.3, 0.4) is 0 Å². The average Bonchev–Trinajstić information content (AvgIpc) is 2.76. The van der Waals surface area contributed by atoms with Gasteiger partial charge in [0.25, 0.3) is 0 Å². The number of carbonyl (C=O) groups excluding carboxylic acids is 1. The molecule has 0 bridgehead atoms. The lowest BCUT2D eigenvalue weighted by atomic mass is 9.97. The maximum Gasteiger partial charge on any atom is 0.237 e. The minimum absolute atomic E-state index is 0.241. The Kier molecular flexibility index (Phi) is 4.19. The number of rotatable bonds is 5. The first-order chi connectivity index (χ1) is 8.66. The summed E-state index contributed by atoms with van der Waals surface area (Å²) in [5.74, 6) is -0.241. The Balaban J connectivity index is 2.01. The Labute approximate surface area is 111 Å². The minimum Gasteiger partial charge on any atom is -0.368 e. The van der Waals surface area contributed by atoms with E-state index in [4.69, 9.17) is 5.73 Å². The summed E-state index contributed by atoms with van der Waals surface area (Å²) in [4.78, 5) is 19.7. The molecule has 98 valence electrons. The zero-order valence-electron chi connectivity index (χ0n) is 10.4. The van der Waals surface area contributed by atoms with E-state index < -0.39 is 5.54 Å². The van der Waals surface area contributed by atoms with Gasteiger partial charge in [-0.25, -0.2) is 9.97 Å². The van der Waals surface area contributed by atoms with Gasteiger partial charge in [0.1, 0.15) is 6.33 Å². The summed E-state index contributed by atoms with van der Waals surface area (Å²) in [5.41, 5.74) is 5.01. The van der Waals surface area contributed by atoms with Crippen molar-refractivity contribution in [2.24, 2.45) is 5.73 Å². The van der Waals surface area contributed by atoms with Crippen molar-refractivity contribution in [2.75, 3.05) is 6.54 Å². The first-order valence-electron chi connectivity index (χ1n) is 6.14. The van der Waals surface area contributed by atoms with Crippen molar-refractivity contribution in [3.63, 3.8) is 0 Å². The lowest BCUT2D eigenvalue weighted by molar-refractivity contribution is -0.124. The summed E-state index contributed by atoms with van der Waals surface area (Å²) in [5, 5.41) is 4.58. The molecule has 5 nitrogen and oxygen atoms in total. The Bertz CT molecular complexity index is 414. The van der Waals surface area contributed by atoms with Crippen molar-refractivity contribution in [2.45, 2.75) is 42.0 Å². The standard InChI is InChI=1S/C12H18N4OS/c1-2-16-12(11(13)17)5-3-9(7-12)18-10-4-6-14-8-15-10/h4,6,8-9,16H,2-3,5,7H2,1H3,(H2,13,17). The van der Waals surface area contributed by atoms with Gasteiger partial charge in [-0.3, -0.25) is 4.79 Å². The number of nitrogens with zero attached hydrogens (tertiary/aromatic N) is 2. The van der Waals surface area contributed by atoms with E-state index in [1.807, 2.05) is 13.0 Å². The van der Waals surface area contributed by atoms with Crippen molar-refractivity contribution in [1.82, 2.24) is 15.3 Å². The van der Waals surface area contributed by atoms with Crippen LogP contribution >= 0.6 is 11.8 Å². The molecule has 6 heteroatoms. The Hall–Kier alpha value is -1.14. The highest BCUT2D eigenvalue weighted by molar-refractivity contribution is 7.99. The van der Waals surface area contributed by atoms with E-state index in [0.29, 0.717) is 5.25 Å². The fraction of sp³-hybridized carbons (Fsp3) is 0.583. The second kappa shape index (κ2) is 5.67. The van der Waals surface area contributed by atoms with E-state index in [1.165, 1.54) is 0 Å². The topological polar surface area (TPSA) is 80.9 Å². The third-order valence-corrected chi connectivity index (χ3v) is 4.52. The number of thioether (sulfide) groups is 1. The fourth-order valence-corrected chi connectivity index (χ4v) is 3.62. The molecule has 0 radical (unpaired) electrons.